The van der Waals surface area contributed by atoms with Crippen molar-refractivity contribution >= 4 is 80.5 Å². The van der Waals surface area contributed by atoms with Crippen LogP contribution in [0.4, 0.5) is 10.5 Å². The van der Waals surface area contributed by atoms with Crippen molar-refractivity contribution in [3.8, 4) is 5.75 Å². The first-order valence-corrected chi connectivity index (χ1v) is 23.4. The predicted molar refractivity (Wildman–Crippen MR) is 232 cm³/mol. The molecule has 21 heteroatoms. The molecule has 4 bridgehead atoms. The molecular weight excluding hydrogens is 884 g/mol. The molecule has 4 aliphatic heterocycles. The number of ether oxygens (including phenoxy) is 4. The summed E-state index contributed by atoms with van der Waals surface area (Å²) < 4.78 is 23.4. The monoisotopic (exact) mass is 938 g/mol. The van der Waals surface area contributed by atoms with Crippen LogP contribution in [-0.2, 0) is 54.2 Å². The van der Waals surface area contributed by atoms with Crippen LogP contribution >= 0.6 is 33.2 Å². The third kappa shape index (κ3) is 12.1. The number of nitrogens with one attached hydrogen (secondary N) is 1. The predicted octanol–water partition coefficient (Wildman–Crippen LogP) is 4.02. The molecule has 1 aromatic carbocycles. The van der Waals surface area contributed by atoms with Crippen molar-refractivity contribution < 1.29 is 67.6 Å². The van der Waals surface area contributed by atoms with Gasteiger partial charge < -0.3 is 43.8 Å². The Kier molecular flexibility index (Phi) is 16.6. The van der Waals surface area contributed by atoms with E-state index in [1.54, 1.807) is 38.1 Å². The number of alkyl carbamates (subject to hydrolysis) is 1. The summed E-state index contributed by atoms with van der Waals surface area (Å²) in [6.45, 7) is 6.74. The molecule has 4 heterocycles. The summed E-state index contributed by atoms with van der Waals surface area (Å²) in [4.78, 5) is 96.8. The van der Waals surface area contributed by atoms with E-state index >= 15 is 0 Å². The normalized spacial score (nSPS) is 29.4. The molecule has 18 nitrogen and oxygen atoms in total. The van der Waals surface area contributed by atoms with Gasteiger partial charge in [0.15, 0.2) is 5.72 Å². The number of fused-ring (bicyclic) bond motifs is 5. The van der Waals surface area contributed by atoms with Crippen LogP contribution in [0.1, 0.15) is 78.2 Å². The molecule has 0 aliphatic carbocycles. The molecule has 3 fully saturated rings. The lowest BCUT2D eigenvalue weighted by atomic mass is 9.83. The maximum absolute atomic E-state index is 14.2. The van der Waals surface area contributed by atoms with E-state index in [9.17, 15) is 43.8 Å². The van der Waals surface area contributed by atoms with Gasteiger partial charge in [-0.15, -0.1) is 5.06 Å². The summed E-state index contributed by atoms with van der Waals surface area (Å²) in [5, 5.41) is 25.6. The van der Waals surface area contributed by atoms with Gasteiger partial charge in [0.1, 0.15) is 40.7 Å². The number of benzene rings is 1. The largest absolute Gasteiger partial charge is 0.495 e. The number of aliphatic hydroxyl groups excluding tert-OH is 1. The lowest BCUT2D eigenvalue weighted by Crippen LogP contribution is -2.63. The van der Waals surface area contributed by atoms with Gasteiger partial charge in [-0.25, -0.2) is 14.4 Å². The summed E-state index contributed by atoms with van der Waals surface area (Å²) in [6, 6.07) is 2.40. The van der Waals surface area contributed by atoms with Crippen LogP contribution < -0.4 is 15.0 Å². The Morgan fingerprint density at radius 3 is 2.46 bits per heavy atom. The minimum atomic E-state index is -2.09. The first kappa shape index (κ1) is 49.7. The van der Waals surface area contributed by atoms with Crippen molar-refractivity contribution in [3.05, 3.63) is 46.5 Å². The molecule has 0 radical (unpaired) electrons. The highest BCUT2D eigenvalue weighted by Gasteiger charge is 2.64. The zero-order valence-electron chi connectivity index (χ0n) is 36.3. The van der Waals surface area contributed by atoms with Crippen LogP contribution in [0.5, 0.6) is 5.75 Å². The van der Waals surface area contributed by atoms with Crippen LogP contribution in [0.25, 0.3) is 0 Å². The molecule has 63 heavy (non-hydrogen) atoms. The number of likely N-dealkylation sites (N-methyl/N-ethyl adjacent to an activating group) is 1. The lowest BCUT2D eigenvalue weighted by Gasteiger charge is -2.41. The van der Waals surface area contributed by atoms with Crippen LogP contribution in [0.2, 0.25) is 5.02 Å². The minimum absolute atomic E-state index is 0.00256. The number of esters is 1. The summed E-state index contributed by atoms with van der Waals surface area (Å²) in [7, 11) is 7.28. The summed E-state index contributed by atoms with van der Waals surface area (Å²) in [5.74, 6) is -2.80. The van der Waals surface area contributed by atoms with Crippen LogP contribution in [0.15, 0.2) is 35.9 Å². The standard InChI is InChI=1S/C42H55ClN4O14S2/c1-23-10-8-11-30(48)42(56)22-29(58-40(55)44-42)24(2)38-41(4,60-38)31(21-35(52)46(6)27-19-26(18-23)20-28(57-7)37(27)43)59-39(54)25(3)45(5)32(49)15-17-63-62-16-9-12-36(53)61-47-33(50)13-14-34(47)51/h8,10-11,19-20,24-25,29-31,38,48,56H,9,12-18,21-22H2,1-7H3,(H,44,55)/b11-8+,23-10+/t24-,25+,29+,30-,31+,38+,41+,42+/m1/s1. The maximum Gasteiger partial charge on any atom is 0.409 e. The summed E-state index contributed by atoms with van der Waals surface area (Å²) >= 11 is 6.75. The molecular formula is C42H55ClN4O14S2. The van der Waals surface area contributed by atoms with E-state index in [0.717, 1.165) is 11.1 Å². The van der Waals surface area contributed by atoms with Gasteiger partial charge in [0.05, 0.1) is 25.3 Å². The highest BCUT2D eigenvalue weighted by atomic mass is 35.5. The van der Waals surface area contributed by atoms with Crippen molar-refractivity contribution in [1.82, 2.24) is 15.3 Å². The van der Waals surface area contributed by atoms with E-state index in [4.69, 9.17) is 35.4 Å². The Morgan fingerprint density at radius 1 is 1.10 bits per heavy atom. The molecule has 3 N–H and O–H groups in total. The number of aliphatic hydroxyl groups is 2. The van der Waals surface area contributed by atoms with E-state index in [1.807, 2.05) is 6.92 Å². The molecule has 0 aromatic heterocycles. The van der Waals surface area contributed by atoms with Crippen molar-refractivity contribution in [3.63, 3.8) is 0 Å². The number of anilines is 1. The Labute approximate surface area is 378 Å². The van der Waals surface area contributed by atoms with Gasteiger partial charge >= 0.3 is 18.0 Å². The fourth-order valence-corrected chi connectivity index (χ4v) is 9.84. The molecule has 8 atom stereocenters. The van der Waals surface area contributed by atoms with Gasteiger partial charge in [0.2, 0.25) is 11.8 Å². The number of hydrogen-bond acceptors (Lipinski definition) is 16. The van der Waals surface area contributed by atoms with E-state index in [1.165, 1.54) is 65.6 Å². The number of epoxide rings is 1. The number of methoxy groups -OCH3 is 1. The van der Waals surface area contributed by atoms with Gasteiger partial charge in [-0.2, -0.15) is 0 Å². The SMILES string of the molecule is COc1cc2cc(c1Cl)N(C)C(=O)C[C@H](OC(=O)[C@H](C)N(C)C(=O)CCSSCCCC(=O)ON1C(=O)CCC1=O)[C@]1(C)O[C@H]1[C@H](C)[C@@H]1C[C@@](O)(NC(=O)O1)[C@H](O)/C=C/C=C(\C)C2. The second-order valence-corrected chi connectivity index (χ2v) is 19.3. The number of halogens is 1. The van der Waals surface area contributed by atoms with Gasteiger partial charge in [-0.05, 0) is 51.3 Å². The van der Waals surface area contributed by atoms with Gasteiger partial charge in [-0.1, -0.05) is 63.9 Å². The zero-order valence-corrected chi connectivity index (χ0v) is 38.6. The van der Waals surface area contributed by atoms with E-state index in [0.29, 0.717) is 40.8 Å². The third-order valence-electron chi connectivity index (χ3n) is 11.6. The second kappa shape index (κ2) is 21.1. The van der Waals surface area contributed by atoms with E-state index < -0.39 is 83.5 Å². The number of nitrogens with zero attached hydrogens (tertiary/aromatic N) is 3. The molecule has 0 unspecified atom stereocenters. The smallest absolute Gasteiger partial charge is 0.409 e. The van der Waals surface area contributed by atoms with Crippen molar-refractivity contribution in [2.75, 3.05) is 37.6 Å². The number of hydrogen-bond donors (Lipinski definition) is 3. The highest BCUT2D eigenvalue weighted by Crippen LogP contribution is 2.49. The number of imide groups is 1. The fraction of sp³-hybridized carbons (Fsp3) is 0.595. The molecule has 5 rings (SSSR count). The average molecular weight is 940 g/mol. The molecule has 0 saturated carbocycles. The van der Waals surface area contributed by atoms with Crippen molar-refractivity contribution in [1.29, 1.82) is 0 Å². The van der Waals surface area contributed by atoms with Gasteiger partial charge in [0, 0.05) is 63.6 Å². The first-order chi connectivity index (χ1) is 29.7. The Balaban J connectivity index is 1.27. The molecule has 0 spiro atoms. The average Bonchev–Trinajstić information content (AvgIpc) is 3.84. The maximum atomic E-state index is 14.2. The van der Waals surface area contributed by atoms with Gasteiger partial charge in [0.25, 0.3) is 11.8 Å². The quantitative estimate of drug-likeness (QED) is 0.0834. The highest BCUT2D eigenvalue weighted by molar-refractivity contribution is 8.76. The zero-order chi connectivity index (χ0) is 46.4. The minimum Gasteiger partial charge on any atom is -0.495 e. The van der Waals surface area contributed by atoms with Gasteiger partial charge in [-0.3, -0.25) is 24.5 Å². The fourth-order valence-electron chi connectivity index (χ4n) is 7.46. The Morgan fingerprint density at radius 2 is 1.78 bits per heavy atom. The topological polar surface area (TPSA) is 231 Å². The molecule has 346 valence electrons. The number of hydroxylamine groups is 2. The Bertz CT molecular complexity index is 2010. The van der Waals surface area contributed by atoms with Crippen molar-refractivity contribution in [2.24, 2.45) is 5.92 Å². The van der Waals surface area contributed by atoms with Crippen molar-refractivity contribution in [2.45, 2.75) is 121 Å². The van der Waals surface area contributed by atoms with Crippen LogP contribution in [-0.4, -0.2) is 136 Å². The number of allylic oxidation sites excluding steroid dienone is 3. The molecule has 4 aliphatic rings. The summed E-state index contributed by atoms with van der Waals surface area (Å²) in [5.41, 5.74) is -1.48. The molecule has 3 saturated heterocycles. The molecule has 1 aromatic rings. The number of carbonyl (C=O) groups is 7. The van der Waals surface area contributed by atoms with E-state index in [2.05, 4.69) is 5.32 Å². The number of rotatable bonds is 13. The van der Waals surface area contributed by atoms with Crippen LogP contribution in [0.3, 0.4) is 0 Å². The lowest BCUT2D eigenvalue weighted by molar-refractivity contribution is -0.197. The first-order valence-electron chi connectivity index (χ1n) is 20.5. The second-order valence-electron chi connectivity index (χ2n) is 16.2. The molecule has 5 amide bonds. The number of amides is 5. The summed E-state index contributed by atoms with van der Waals surface area (Å²) in [6.07, 6.45) is -0.441. The Hall–Kier alpha value is -4.34. The third-order valence-corrected chi connectivity index (χ3v) is 14.5. The van der Waals surface area contributed by atoms with Crippen LogP contribution in [0, 0.1) is 5.92 Å². The number of carbonyl (C=O) groups excluding carboxylic acids is 7. The van der Waals surface area contributed by atoms with E-state index in [-0.39, 0.29) is 49.5 Å².